The van der Waals surface area contributed by atoms with E-state index in [1.807, 2.05) is 31.2 Å². The number of piperidine rings is 1. The van der Waals surface area contributed by atoms with Crippen LogP contribution in [0.1, 0.15) is 24.0 Å². The number of benzene rings is 1. The molecule has 2 aromatic heterocycles. The van der Waals surface area contributed by atoms with Crippen molar-refractivity contribution in [2.24, 2.45) is 5.92 Å². The SMILES string of the molecule is Cc1ccnc(NC(=O)C2CCN(Cc3cc(F)cc4cccnc34)CC2)c1. The maximum absolute atomic E-state index is 13.9. The average Bonchev–Trinajstić information content (AvgIpc) is 2.68. The van der Waals surface area contributed by atoms with E-state index in [1.165, 1.54) is 6.07 Å². The maximum Gasteiger partial charge on any atom is 0.228 e. The third-order valence-corrected chi connectivity index (χ3v) is 5.27. The number of hydrogen-bond donors (Lipinski definition) is 1. The number of rotatable bonds is 4. The van der Waals surface area contributed by atoms with Gasteiger partial charge in [0.15, 0.2) is 0 Å². The Bertz CT molecular complexity index is 999. The van der Waals surface area contributed by atoms with Crippen molar-refractivity contribution in [1.29, 1.82) is 0 Å². The Balaban J connectivity index is 1.38. The van der Waals surface area contributed by atoms with Gasteiger partial charge in [0.1, 0.15) is 11.6 Å². The lowest BCUT2D eigenvalue weighted by molar-refractivity contribution is -0.121. The third kappa shape index (κ3) is 4.17. The van der Waals surface area contributed by atoms with Crippen molar-refractivity contribution in [3.8, 4) is 0 Å². The predicted molar refractivity (Wildman–Crippen MR) is 107 cm³/mol. The summed E-state index contributed by atoms with van der Waals surface area (Å²) >= 11 is 0. The van der Waals surface area contributed by atoms with Crippen LogP contribution in [0.4, 0.5) is 10.2 Å². The Morgan fingerprint density at radius 1 is 1.18 bits per heavy atom. The minimum absolute atomic E-state index is 0.0237. The molecule has 0 saturated carbocycles. The first-order valence-corrected chi connectivity index (χ1v) is 9.57. The fourth-order valence-corrected chi connectivity index (χ4v) is 3.78. The molecule has 0 radical (unpaired) electrons. The van der Waals surface area contributed by atoms with Crippen LogP contribution in [-0.4, -0.2) is 33.9 Å². The van der Waals surface area contributed by atoms with E-state index in [0.717, 1.165) is 48.0 Å². The second-order valence-electron chi connectivity index (χ2n) is 7.40. The fourth-order valence-electron chi connectivity index (χ4n) is 3.78. The molecule has 4 rings (SSSR count). The van der Waals surface area contributed by atoms with Gasteiger partial charge < -0.3 is 5.32 Å². The van der Waals surface area contributed by atoms with Crippen molar-refractivity contribution in [2.75, 3.05) is 18.4 Å². The van der Waals surface area contributed by atoms with Crippen LogP contribution in [0.5, 0.6) is 0 Å². The molecule has 1 aromatic carbocycles. The normalized spacial score (nSPS) is 15.6. The summed E-state index contributed by atoms with van der Waals surface area (Å²) in [6.07, 6.45) is 4.99. The maximum atomic E-state index is 13.9. The summed E-state index contributed by atoms with van der Waals surface area (Å²) in [5.74, 6) is 0.358. The lowest BCUT2D eigenvalue weighted by Crippen LogP contribution is -2.38. The number of likely N-dealkylation sites (tertiary alicyclic amines) is 1. The summed E-state index contributed by atoms with van der Waals surface area (Å²) in [5.41, 5.74) is 2.80. The minimum atomic E-state index is -0.240. The van der Waals surface area contributed by atoms with Crippen LogP contribution in [0, 0.1) is 18.7 Å². The van der Waals surface area contributed by atoms with Crippen LogP contribution < -0.4 is 5.32 Å². The topological polar surface area (TPSA) is 58.1 Å². The van der Waals surface area contributed by atoms with E-state index in [2.05, 4.69) is 20.2 Å². The van der Waals surface area contributed by atoms with Crippen LogP contribution in [0.15, 0.2) is 48.8 Å². The molecule has 5 nitrogen and oxygen atoms in total. The number of amides is 1. The van der Waals surface area contributed by atoms with Crippen LogP contribution >= 0.6 is 0 Å². The highest BCUT2D eigenvalue weighted by Gasteiger charge is 2.25. The number of anilines is 1. The summed E-state index contributed by atoms with van der Waals surface area (Å²) in [6.45, 7) is 4.20. The van der Waals surface area contributed by atoms with Crippen LogP contribution in [0.25, 0.3) is 10.9 Å². The molecule has 28 heavy (non-hydrogen) atoms. The number of carbonyl (C=O) groups is 1. The number of aryl methyl sites for hydroxylation is 1. The monoisotopic (exact) mass is 378 g/mol. The standard InChI is InChI=1S/C22H23FN4O/c1-15-4-8-24-20(11-15)26-22(28)16-5-9-27(10-6-16)14-18-13-19(23)12-17-3-2-7-25-21(17)18/h2-4,7-8,11-13,16H,5-6,9-10,14H2,1H3,(H,24,26,28). The van der Waals surface area contributed by atoms with Gasteiger partial charge in [-0.1, -0.05) is 6.07 Å². The molecular weight excluding hydrogens is 355 g/mol. The number of aromatic nitrogens is 2. The van der Waals surface area contributed by atoms with E-state index in [9.17, 15) is 9.18 Å². The number of pyridine rings is 2. The summed E-state index contributed by atoms with van der Waals surface area (Å²) in [5, 5.41) is 3.74. The molecule has 0 atom stereocenters. The van der Waals surface area contributed by atoms with Gasteiger partial charge in [0.2, 0.25) is 5.91 Å². The first-order valence-electron chi connectivity index (χ1n) is 9.57. The number of nitrogens with zero attached hydrogens (tertiary/aromatic N) is 3. The lowest BCUT2D eigenvalue weighted by atomic mass is 9.95. The number of hydrogen-bond acceptors (Lipinski definition) is 4. The van der Waals surface area contributed by atoms with Crippen molar-refractivity contribution in [3.63, 3.8) is 0 Å². The van der Waals surface area contributed by atoms with Crippen LogP contribution in [0.2, 0.25) is 0 Å². The number of halogens is 1. The Labute approximate surface area is 163 Å². The van der Waals surface area contributed by atoms with Gasteiger partial charge in [-0.2, -0.15) is 0 Å². The van der Waals surface area contributed by atoms with Crippen molar-refractivity contribution in [3.05, 3.63) is 65.7 Å². The molecule has 6 heteroatoms. The Morgan fingerprint density at radius 2 is 2.00 bits per heavy atom. The van der Waals surface area contributed by atoms with E-state index in [-0.39, 0.29) is 17.6 Å². The summed E-state index contributed by atoms with van der Waals surface area (Å²) in [7, 11) is 0. The van der Waals surface area contributed by atoms with Gasteiger partial charge in [0.05, 0.1) is 5.52 Å². The fraction of sp³-hybridized carbons (Fsp3) is 0.318. The molecule has 1 N–H and O–H groups in total. The third-order valence-electron chi connectivity index (χ3n) is 5.27. The molecule has 1 aliphatic heterocycles. The van der Waals surface area contributed by atoms with Crippen LogP contribution in [0.3, 0.4) is 0 Å². The second kappa shape index (κ2) is 8.02. The lowest BCUT2D eigenvalue weighted by Gasteiger charge is -2.31. The molecule has 0 bridgehead atoms. The smallest absolute Gasteiger partial charge is 0.228 e. The van der Waals surface area contributed by atoms with Crippen molar-refractivity contribution < 1.29 is 9.18 Å². The largest absolute Gasteiger partial charge is 0.310 e. The minimum Gasteiger partial charge on any atom is -0.310 e. The Kier molecular flexibility index (Phi) is 5.30. The molecule has 1 fully saturated rings. The van der Waals surface area contributed by atoms with Gasteiger partial charge in [0.25, 0.3) is 0 Å². The highest BCUT2D eigenvalue weighted by Crippen LogP contribution is 2.24. The van der Waals surface area contributed by atoms with Gasteiger partial charge in [-0.25, -0.2) is 9.37 Å². The zero-order valence-corrected chi connectivity index (χ0v) is 15.9. The molecule has 1 amide bonds. The van der Waals surface area contributed by atoms with Crippen LogP contribution in [-0.2, 0) is 11.3 Å². The molecule has 144 valence electrons. The van der Waals surface area contributed by atoms with Gasteiger partial charge >= 0.3 is 0 Å². The van der Waals surface area contributed by atoms with Gasteiger partial charge in [0, 0.05) is 30.2 Å². The molecule has 0 unspecified atom stereocenters. The zero-order chi connectivity index (χ0) is 19.5. The number of fused-ring (bicyclic) bond motifs is 1. The van der Waals surface area contributed by atoms with E-state index >= 15 is 0 Å². The molecule has 1 saturated heterocycles. The average molecular weight is 378 g/mol. The van der Waals surface area contributed by atoms with Gasteiger partial charge in [-0.05, 0) is 74.3 Å². The Hall–Kier alpha value is -2.86. The van der Waals surface area contributed by atoms with Crippen molar-refractivity contribution in [2.45, 2.75) is 26.3 Å². The van der Waals surface area contributed by atoms with E-state index in [1.54, 1.807) is 18.5 Å². The summed E-state index contributed by atoms with van der Waals surface area (Å²) in [6, 6.07) is 10.6. The quantitative estimate of drug-likeness (QED) is 0.747. The number of nitrogens with one attached hydrogen (secondary N) is 1. The number of carbonyl (C=O) groups excluding carboxylic acids is 1. The Morgan fingerprint density at radius 3 is 2.79 bits per heavy atom. The van der Waals surface area contributed by atoms with Crippen molar-refractivity contribution in [1.82, 2.24) is 14.9 Å². The molecule has 3 aromatic rings. The highest BCUT2D eigenvalue weighted by atomic mass is 19.1. The van der Waals surface area contributed by atoms with E-state index < -0.39 is 0 Å². The van der Waals surface area contributed by atoms with Gasteiger partial charge in [-0.3, -0.25) is 14.7 Å². The summed E-state index contributed by atoms with van der Waals surface area (Å²) < 4.78 is 13.9. The molecule has 1 aliphatic rings. The first-order chi connectivity index (χ1) is 13.6. The molecule has 3 heterocycles. The predicted octanol–water partition coefficient (Wildman–Crippen LogP) is 3.93. The summed E-state index contributed by atoms with van der Waals surface area (Å²) in [4.78, 5) is 23.4. The highest BCUT2D eigenvalue weighted by molar-refractivity contribution is 5.91. The first kappa shape index (κ1) is 18.5. The molecule has 0 aliphatic carbocycles. The second-order valence-corrected chi connectivity index (χ2v) is 7.40. The van der Waals surface area contributed by atoms with E-state index in [4.69, 9.17) is 0 Å². The molecule has 0 spiro atoms. The van der Waals surface area contributed by atoms with Crippen molar-refractivity contribution >= 4 is 22.6 Å². The zero-order valence-electron chi connectivity index (χ0n) is 15.9. The van der Waals surface area contributed by atoms with Gasteiger partial charge in [-0.15, -0.1) is 0 Å². The van der Waals surface area contributed by atoms with E-state index in [0.29, 0.717) is 12.4 Å². The molecular formula is C22H23FN4O.